The summed E-state index contributed by atoms with van der Waals surface area (Å²) in [6, 6.07) is 6.20. The number of carbonyl (C=O) groups is 1. The number of thiol groups is 1. The van der Waals surface area contributed by atoms with Crippen molar-refractivity contribution in [1.29, 1.82) is 0 Å². The summed E-state index contributed by atoms with van der Waals surface area (Å²) in [6.45, 7) is 16.0. The van der Waals surface area contributed by atoms with Gasteiger partial charge in [-0.15, -0.1) is 12.6 Å². The molecule has 0 aliphatic rings. The van der Waals surface area contributed by atoms with Gasteiger partial charge in [0, 0.05) is 22.6 Å². The zero-order chi connectivity index (χ0) is 20.9. The molecule has 0 aliphatic carbocycles. The molecule has 146 valence electrons. The number of nitrogens with two attached hydrogens (primary N) is 1. The fourth-order valence-corrected chi connectivity index (χ4v) is 2.74. The van der Waals surface area contributed by atoms with Gasteiger partial charge in [-0.1, -0.05) is 33.8 Å². The summed E-state index contributed by atoms with van der Waals surface area (Å²) in [4.78, 5) is 24.5. The quantitative estimate of drug-likeness (QED) is 0.526. The number of hydrogen-bond donors (Lipinski definition) is 3. The lowest BCUT2D eigenvalue weighted by Gasteiger charge is -2.11. The maximum Gasteiger partial charge on any atom is 0.251 e. The first-order valence-corrected chi connectivity index (χ1v) is 9.38. The maximum atomic E-state index is 12.1. The highest BCUT2D eigenvalue weighted by Crippen LogP contribution is 2.22. The Bertz CT molecular complexity index is 738. The van der Waals surface area contributed by atoms with Gasteiger partial charge in [-0.3, -0.25) is 9.59 Å². The number of carbonyl (C=O) groups excluding carboxylic acids is 1. The number of H-pyrrole nitrogens is 1. The van der Waals surface area contributed by atoms with Crippen LogP contribution in [-0.4, -0.2) is 11.4 Å². The summed E-state index contributed by atoms with van der Waals surface area (Å²) in [5.41, 5.74) is 10.5. The molecular weight excluding hydrogens is 344 g/mol. The lowest BCUT2D eigenvalue weighted by Crippen LogP contribution is -2.16. The predicted octanol–water partition coefficient (Wildman–Crippen LogP) is 4.64. The first-order valence-electron chi connectivity index (χ1n) is 8.94. The Morgan fingerprint density at radius 1 is 1.04 bits per heavy atom. The number of aromatic amines is 1. The number of nitrogens with one attached hydrogen (secondary N) is 1. The minimum atomic E-state index is 0.0131. The molecule has 1 amide bonds. The average Bonchev–Trinajstić information content (AvgIpc) is 2.59. The number of rotatable bonds is 2. The molecule has 0 saturated heterocycles. The van der Waals surface area contributed by atoms with Crippen LogP contribution in [0.15, 0.2) is 27.9 Å². The van der Waals surface area contributed by atoms with Gasteiger partial charge < -0.3 is 10.7 Å². The molecule has 0 unspecified atom stereocenters. The molecule has 2 aromatic rings. The van der Waals surface area contributed by atoms with Crippen LogP contribution in [0, 0.1) is 27.7 Å². The van der Waals surface area contributed by atoms with E-state index in [1.54, 1.807) is 0 Å². The average molecular weight is 379 g/mol. The van der Waals surface area contributed by atoms with Crippen molar-refractivity contribution in [2.45, 2.75) is 66.7 Å². The molecule has 0 saturated carbocycles. The van der Waals surface area contributed by atoms with Crippen LogP contribution in [0.1, 0.15) is 61.2 Å². The van der Waals surface area contributed by atoms with Gasteiger partial charge >= 0.3 is 0 Å². The topological polar surface area (TPSA) is 75.9 Å². The zero-order valence-corrected chi connectivity index (χ0v) is 18.3. The minimum Gasteiger partial charge on any atom is -0.372 e. The predicted molar refractivity (Wildman–Crippen MR) is 115 cm³/mol. The van der Waals surface area contributed by atoms with E-state index in [9.17, 15) is 4.79 Å². The van der Waals surface area contributed by atoms with Crippen molar-refractivity contribution in [3.8, 4) is 0 Å². The second-order valence-electron chi connectivity index (χ2n) is 5.32. The van der Waals surface area contributed by atoms with Crippen LogP contribution in [0.25, 0.3) is 0 Å². The third kappa shape index (κ3) is 8.39. The van der Waals surface area contributed by atoms with Gasteiger partial charge in [-0.2, -0.15) is 0 Å². The van der Waals surface area contributed by atoms with E-state index >= 15 is 0 Å². The van der Waals surface area contributed by atoms with E-state index in [0.29, 0.717) is 6.42 Å². The van der Waals surface area contributed by atoms with Crippen molar-refractivity contribution in [3.05, 3.63) is 62.1 Å². The van der Waals surface area contributed by atoms with Gasteiger partial charge in [-0.05, 0) is 62.1 Å². The molecule has 1 aromatic carbocycles. The van der Waals surface area contributed by atoms with E-state index in [4.69, 9.17) is 4.79 Å². The van der Waals surface area contributed by atoms with E-state index in [1.165, 1.54) is 11.1 Å². The molecule has 1 aromatic heterocycles. The minimum absolute atomic E-state index is 0.0131. The summed E-state index contributed by atoms with van der Waals surface area (Å²) < 4.78 is 0. The summed E-state index contributed by atoms with van der Waals surface area (Å²) in [7, 11) is 0. The van der Waals surface area contributed by atoms with Gasteiger partial charge in [0.25, 0.3) is 5.56 Å². The molecule has 0 aliphatic heterocycles. The second kappa shape index (κ2) is 14.2. The normalized spacial score (nSPS) is 8.81. The summed E-state index contributed by atoms with van der Waals surface area (Å²) in [5.74, 6) is 0. The van der Waals surface area contributed by atoms with E-state index < -0.39 is 0 Å². The molecule has 1 heterocycles. The Labute approximate surface area is 163 Å². The van der Waals surface area contributed by atoms with E-state index in [2.05, 4.69) is 43.3 Å². The van der Waals surface area contributed by atoms with Gasteiger partial charge in [0.15, 0.2) is 0 Å². The monoisotopic (exact) mass is 378 g/mol. The van der Waals surface area contributed by atoms with Crippen LogP contribution in [0.4, 0.5) is 0 Å². The van der Waals surface area contributed by atoms with E-state index in [0.717, 1.165) is 27.3 Å². The lowest BCUT2D eigenvalue weighted by molar-refractivity contribution is -0.106. The Kier molecular flexibility index (Phi) is 14.3. The van der Waals surface area contributed by atoms with E-state index in [1.807, 2.05) is 53.7 Å². The number of primary amides is 1. The van der Waals surface area contributed by atoms with Crippen molar-refractivity contribution in [2.24, 2.45) is 5.73 Å². The standard InChI is InChI=1S/C16H19NOS.2C2H6.CH3NO/c1-9-5-13(12(4)15(19)6-9)8-14-10(2)7-11(3)17-16(14)18;2*1-2;2-1-3/h5-7,19H,8H2,1-4H3,(H,17,18);2*1-2H3;1H,(H2,2,3). The Hall–Kier alpha value is -2.01. The van der Waals surface area contributed by atoms with Gasteiger partial charge in [-0.25, -0.2) is 0 Å². The Morgan fingerprint density at radius 2 is 1.54 bits per heavy atom. The van der Waals surface area contributed by atoms with Crippen LogP contribution in [0.2, 0.25) is 0 Å². The molecule has 0 fully saturated rings. The van der Waals surface area contributed by atoms with Gasteiger partial charge in [0.1, 0.15) is 0 Å². The van der Waals surface area contributed by atoms with Crippen LogP contribution < -0.4 is 11.3 Å². The summed E-state index contributed by atoms with van der Waals surface area (Å²) in [6.07, 6.45) is 0.905. The summed E-state index contributed by atoms with van der Waals surface area (Å²) >= 11 is 4.49. The molecule has 4 nitrogen and oxygen atoms in total. The Morgan fingerprint density at radius 3 is 2.00 bits per heavy atom. The SMILES string of the molecule is CC.CC.Cc1cc(S)c(C)c(Cc2c(C)cc(C)[nH]c2=O)c1.NC=O. The number of aromatic nitrogens is 1. The van der Waals surface area contributed by atoms with Crippen molar-refractivity contribution < 1.29 is 4.79 Å². The van der Waals surface area contributed by atoms with Crippen LogP contribution >= 0.6 is 12.6 Å². The first kappa shape index (κ1) is 26.2. The zero-order valence-electron chi connectivity index (χ0n) is 17.4. The fourth-order valence-electron chi connectivity index (χ4n) is 2.39. The van der Waals surface area contributed by atoms with Crippen molar-refractivity contribution in [3.63, 3.8) is 0 Å². The van der Waals surface area contributed by atoms with Crippen LogP contribution in [0.3, 0.4) is 0 Å². The number of benzene rings is 1. The molecule has 0 bridgehead atoms. The summed E-state index contributed by atoms with van der Waals surface area (Å²) in [5, 5.41) is 0. The van der Waals surface area contributed by atoms with Crippen LogP contribution in [-0.2, 0) is 11.2 Å². The molecule has 2 rings (SSSR count). The first-order chi connectivity index (χ1) is 12.3. The highest BCUT2D eigenvalue weighted by atomic mass is 32.1. The highest BCUT2D eigenvalue weighted by molar-refractivity contribution is 7.80. The molecule has 0 radical (unpaired) electrons. The molecule has 3 N–H and O–H groups in total. The number of aryl methyl sites for hydroxylation is 3. The molecular formula is C21H34N2O2S. The maximum absolute atomic E-state index is 12.1. The van der Waals surface area contributed by atoms with Crippen molar-refractivity contribution >= 4 is 19.0 Å². The smallest absolute Gasteiger partial charge is 0.251 e. The third-order valence-corrected chi connectivity index (χ3v) is 3.96. The number of hydrogen-bond acceptors (Lipinski definition) is 3. The van der Waals surface area contributed by atoms with Crippen LogP contribution in [0.5, 0.6) is 0 Å². The number of pyridine rings is 1. The lowest BCUT2D eigenvalue weighted by atomic mass is 9.97. The Balaban J connectivity index is 0. The second-order valence-corrected chi connectivity index (χ2v) is 5.81. The largest absolute Gasteiger partial charge is 0.372 e. The van der Waals surface area contributed by atoms with E-state index in [-0.39, 0.29) is 12.0 Å². The third-order valence-electron chi connectivity index (χ3n) is 3.49. The molecule has 0 spiro atoms. The fraction of sp³-hybridized carbons (Fsp3) is 0.429. The molecule has 0 atom stereocenters. The molecule has 26 heavy (non-hydrogen) atoms. The van der Waals surface area contributed by atoms with Crippen molar-refractivity contribution in [2.75, 3.05) is 0 Å². The molecule has 5 heteroatoms. The number of amides is 1. The van der Waals surface area contributed by atoms with Crippen molar-refractivity contribution in [1.82, 2.24) is 4.98 Å². The van der Waals surface area contributed by atoms with Gasteiger partial charge in [0.05, 0.1) is 0 Å². The van der Waals surface area contributed by atoms with Gasteiger partial charge in [0.2, 0.25) is 6.41 Å². The highest BCUT2D eigenvalue weighted by Gasteiger charge is 2.10.